The Morgan fingerprint density at radius 2 is 1.55 bits per heavy atom. The van der Waals surface area contributed by atoms with Gasteiger partial charge in [0.2, 0.25) is 15.9 Å². The first-order chi connectivity index (χ1) is 15.2. The van der Waals surface area contributed by atoms with Crippen molar-refractivity contribution in [3.63, 3.8) is 0 Å². The number of amides is 2. The molecule has 0 N–H and O–H groups in total. The third-order valence-electron chi connectivity index (χ3n) is 6.77. The first kappa shape index (κ1) is 25.1. The molecule has 1 fully saturated rings. The van der Waals surface area contributed by atoms with Gasteiger partial charge in [0.25, 0.3) is 5.91 Å². The van der Waals surface area contributed by atoms with Crippen molar-refractivity contribution in [1.82, 2.24) is 4.31 Å². The first-order valence-electron chi connectivity index (χ1n) is 11.0. The lowest BCUT2D eigenvalue weighted by atomic mass is 10.00. The molecule has 6 nitrogen and oxygen atoms in total. The fraction of sp³-hybridized carbons (Fsp3) is 0.440. The Morgan fingerprint density at radius 1 is 1.03 bits per heavy atom. The van der Waals surface area contributed by atoms with Gasteiger partial charge in [0, 0.05) is 5.54 Å². The molecule has 33 heavy (non-hydrogen) atoms. The number of benzene rings is 2. The SMILES string of the molecule is CCC(C)(C)N(C1CC(=O)N(c2ccc(F)cc2)C1=O)S(=O)(=O)c1c(C)c(C)cc(C)c1C. The Morgan fingerprint density at radius 3 is 2.03 bits per heavy atom. The maximum atomic E-state index is 14.2. The fourth-order valence-electron chi connectivity index (χ4n) is 4.40. The number of carbonyl (C=O) groups excluding carboxylic acids is 2. The molecule has 0 spiro atoms. The molecule has 0 bridgehead atoms. The molecule has 1 atom stereocenters. The van der Waals surface area contributed by atoms with E-state index in [2.05, 4.69) is 0 Å². The van der Waals surface area contributed by atoms with E-state index in [0.717, 1.165) is 28.2 Å². The van der Waals surface area contributed by atoms with E-state index in [1.165, 1.54) is 16.4 Å². The molecule has 2 amide bonds. The smallest absolute Gasteiger partial charge is 0.252 e. The van der Waals surface area contributed by atoms with Gasteiger partial charge in [-0.25, -0.2) is 17.7 Å². The zero-order valence-electron chi connectivity index (χ0n) is 20.2. The van der Waals surface area contributed by atoms with Crippen LogP contribution in [0.1, 0.15) is 55.9 Å². The Kier molecular flexibility index (Phi) is 6.56. The molecule has 3 rings (SSSR count). The Labute approximate surface area is 195 Å². The lowest BCUT2D eigenvalue weighted by Gasteiger charge is -2.40. The minimum atomic E-state index is -4.16. The summed E-state index contributed by atoms with van der Waals surface area (Å²) in [7, 11) is -4.16. The maximum absolute atomic E-state index is 14.2. The number of halogens is 1. The van der Waals surface area contributed by atoms with Crippen LogP contribution in [0, 0.1) is 33.5 Å². The quantitative estimate of drug-likeness (QED) is 0.575. The number of hydrogen-bond acceptors (Lipinski definition) is 4. The molecule has 1 aliphatic heterocycles. The molecule has 0 radical (unpaired) electrons. The minimum absolute atomic E-state index is 0.182. The first-order valence-corrected chi connectivity index (χ1v) is 12.4. The van der Waals surface area contributed by atoms with Crippen molar-refractivity contribution in [2.75, 3.05) is 4.90 Å². The summed E-state index contributed by atoms with van der Waals surface area (Å²) >= 11 is 0. The largest absolute Gasteiger partial charge is 0.274 e. The number of imide groups is 1. The van der Waals surface area contributed by atoms with Crippen molar-refractivity contribution in [1.29, 1.82) is 0 Å². The number of rotatable bonds is 6. The highest BCUT2D eigenvalue weighted by Crippen LogP contribution is 2.38. The average Bonchev–Trinajstić information content (AvgIpc) is 3.00. The van der Waals surface area contributed by atoms with Gasteiger partial charge in [-0.3, -0.25) is 9.59 Å². The van der Waals surface area contributed by atoms with E-state index >= 15 is 0 Å². The summed E-state index contributed by atoms with van der Waals surface area (Å²) in [5.74, 6) is -1.64. The van der Waals surface area contributed by atoms with Crippen molar-refractivity contribution in [3.8, 4) is 0 Å². The second kappa shape index (κ2) is 8.65. The van der Waals surface area contributed by atoms with Gasteiger partial charge in [-0.05, 0) is 94.5 Å². The van der Waals surface area contributed by atoms with Crippen LogP contribution in [0.15, 0.2) is 35.2 Å². The van der Waals surface area contributed by atoms with Crippen LogP contribution in [0.3, 0.4) is 0 Å². The highest BCUT2D eigenvalue weighted by molar-refractivity contribution is 7.89. The van der Waals surface area contributed by atoms with Gasteiger partial charge in [-0.2, -0.15) is 4.31 Å². The van der Waals surface area contributed by atoms with E-state index < -0.39 is 39.2 Å². The monoisotopic (exact) mass is 474 g/mol. The van der Waals surface area contributed by atoms with Gasteiger partial charge >= 0.3 is 0 Å². The third-order valence-corrected chi connectivity index (χ3v) is 9.16. The van der Waals surface area contributed by atoms with E-state index in [4.69, 9.17) is 0 Å². The van der Waals surface area contributed by atoms with E-state index in [0.29, 0.717) is 17.5 Å². The number of aryl methyl sites for hydroxylation is 2. The molecular weight excluding hydrogens is 443 g/mol. The second-order valence-corrected chi connectivity index (χ2v) is 11.1. The summed E-state index contributed by atoms with van der Waals surface area (Å²) in [6, 6.07) is 5.76. The summed E-state index contributed by atoms with van der Waals surface area (Å²) < 4.78 is 43.0. The Balaban J connectivity index is 2.19. The lowest BCUT2D eigenvalue weighted by molar-refractivity contribution is -0.122. The summed E-state index contributed by atoms with van der Waals surface area (Å²) in [6.07, 6.45) is 0.158. The number of sulfonamides is 1. The molecule has 1 heterocycles. The van der Waals surface area contributed by atoms with Crippen molar-refractivity contribution in [2.24, 2.45) is 0 Å². The Hall–Kier alpha value is -2.58. The van der Waals surface area contributed by atoms with Gasteiger partial charge in [0.1, 0.15) is 11.9 Å². The molecule has 8 heteroatoms. The van der Waals surface area contributed by atoms with Crippen LogP contribution >= 0.6 is 0 Å². The minimum Gasteiger partial charge on any atom is -0.274 e. The van der Waals surface area contributed by atoms with E-state index in [1.54, 1.807) is 27.7 Å². The number of nitrogens with zero attached hydrogens (tertiary/aromatic N) is 2. The van der Waals surface area contributed by atoms with Crippen molar-refractivity contribution in [2.45, 2.75) is 77.8 Å². The van der Waals surface area contributed by atoms with Crippen LogP contribution < -0.4 is 4.90 Å². The summed E-state index contributed by atoms with van der Waals surface area (Å²) in [6.45, 7) is 12.6. The third kappa shape index (κ3) is 4.22. The van der Waals surface area contributed by atoms with Gasteiger partial charge in [0.05, 0.1) is 17.0 Å². The fourth-order valence-corrected chi connectivity index (χ4v) is 6.97. The van der Waals surface area contributed by atoms with Crippen LogP contribution in [0.25, 0.3) is 0 Å². The molecule has 1 unspecified atom stereocenters. The highest BCUT2D eigenvalue weighted by Gasteiger charge is 2.52. The normalized spacial score (nSPS) is 17.4. The average molecular weight is 475 g/mol. The predicted molar refractivity (Wildman–Crippen MR) is 126 cm³/mol. The summed E-state index contributed by atoms with van der Waals surface area (Å²) in [4.78, 5) is 27.5. The molecular formula is C25H31FN2O4S. The van der Waals surface area contributed by atoms with Crippen molar-refractivity contribution in [3.05, 3.63) is 58.4 Å². The van der Waals surface area contributed by atoms with Gasteiger partial charge in [-0.15, -0.1) is 0 Å². The summed E-state index contributed by atoms with van der Waals surface area (Å²) in [5.41, 5.74) is 2.22. The van der Waals surface area contributed by atoms with E-state index in [9.17, 15) is 22.4 Å². The topological polar surface area (TPSA) is 74.8 Å². The second-order valence-electron chi connectivity index (χ2n) is 9.32. The molecule has 0 saturated carbocycles. The van der Waals surface area contributed by atoms with Crippen LogP contribution in [0.4, 0.5) is 10.1 Å². The van der Waals surface area contributed by atoms with Crippen LogP contribution in [-0.2, 0) is 19.6 Å². The zero-order valence-corrected chi connectivity index (χ0v) is 21.0. The Bertz CT molecular complexity index is 1190. The predicted octanol–water partition coefficient (Wildman–Crippen LogP) is 4.57. The van der Waals surface area contributed by atoms with Crippen LogP contribution in [-0.4, -0.2) is 36.1 Å². The molecule has 0 aromatic heterocycles. The van der Waals surface area contributed by atoms with Crippen molar-refractivity contribution < 1.29 is 22.4 Å². The maximum Gasteiger partial charge on any atom is 0.252 e. The lowest BCUT2D eigenvalue weighted by Crippen LogP contribution is -2.55. The molecule has 178 valence electrons. The van der Waals surface area contributed by atoms with Gasteiger partial charge in [0.15, 0.2) is 0 Å². The number of carbonyl (C=O) groups is 2. The zero-order chi connectivity index (χ0) is 24.9. The standard InChI is InChI=1S/C25H31FN2O4S/c1-8-25(6,7)28(33(31,32)23-17(4)15(2)13-16(3)18(23)5)21-14-22(29)27(24(21)30)20-11-9-19(26)10-12-20/h9-13,21H,8,14H2,1-7H3. The van der Waals surface area contributed by atoms with Crippen LogP contribution in [0.2, 0.25) is 0 Å². The van der Waals surface area contributed by atoms with Crippen molar-refractivity contribution >= 4 is 27.5 Å². The number of anilines is 1. The van der Waals surface area contributed by atoms with Gasteiger partial charge in [-0.1, -0.05) is 13.0 Å². The highest BCUT2D eigenvalue weighted by atomic mass is 32.2. The van der Waals surface area contributed by atoms with E-state index in [-0.39, 0.29) is 17.0 Å². The molecule has 2 aromatic rings. The number of hydrogen-bond donors (Lipinski definition) is 0. The van der Waals surface area contributed by atoms with Crippen LogP contribution in [0.5, 0.6) is 0 Å². The van der Waals surface area contributed by atoms with Gasteiger partial charge < -0.3 is 0 Å². The molecule has 0 aliphatic carbocycles. The summed E-state index contributed by atoms with van der Waals surface area (Å²) in [5, 5.41) is 0. The molecule has 1 saturated heterocycles. The van der Waals surface area contributed by atoms with E-state index in [1.807, 2.05) is 26.8 Å². The molecule has 2 aromatic carbocycles. The molecule has 1 aliphatic rings.